The summed E-state index contributed by atoms with van der Waals surface area (Å²) in [5.41, 5.74) is 0.886. The number of H-pyrrole nitrogens is 1. The first kappa shape index (κ1) is 5.46. The molecule has 0 saturated carbocycles. The molecule has 2 aromatic rings. The number of rotatable bonds is 1. The normalized spacial score (nSPS) is 10.9. The van der Waals surface area contributed by atoms with Gasteiger partial charge in [-0.3, -0.25) is 5.10 Å². The summed E-state index contributed by atoms with van der Waals surface area (Å²) in [5, 5.41) is 7.01. The van der Waals surface area contributed by atoms with Gasteiger partial charge in [0.25, 0.3) is 0 Å². The molecule has 0 fully saturated rings. The Morgan fingerprint density at radius 2 is 2.60 bits per heavy atom. The molecular weight excluding hydrogens is 128 g/mol. The SMILES string of the molecule is CCc1nc2ccnn2[nH]1. The number of fused-ring (bicyclic) bond motifs is 1. The van der Waals surface area contributed by atoms with E-state index >= 15 is 0 Å². The number of hydrogen-bond donors (Lipinski definition) is 1. The van der Waals surface area contributed by atoms with Crippen molar-refractivity contribution in [2.75, 3.05) is 0 Å². The Morgan fingerprint density at radius 3 is 3.30 bits per heavy atom. The second-order valence-corrected chi connectivity index (χ2v) is 2.13. The molecule has 2 rings (SSSR count). The van der Waals surface area contributed by atoms with Crippen molar-refractivity contribution in [2.45, 2.75) is 13.3 Å². The van der Waals surface area contributed by atoms with Gasteiger partial charge in [0.2, 0.25) is 0 Å². The van der Waals surface area contributed by atoms with Crippen molar-refractivity contribution >= 4 is 5.65 Å². The van der Waals surface area contributed by atoms with Crippen LogP contribution in [-0.2, 0) is 6.42 Å². The maximum atomic E-state index is 4.24. The zero-order chi connectivity index (χ0) is 6.97. The quantitative estimate of drug-likeness (QED) is 0.624. The minimum atomic E-state index is 0.886. The number of aromatic amines is 1. The van der Waals surface area contributed by atoms with Gasteiger partial charge in [0.1, 0.15) is 5.82 Å². The Morgan fingerprint density at radius 1 is 1.70 bits per heavy atom. The lowest BCUT2D eigenvalue weighted by Crippen LogP contribution is -1.87. The summed E-state index contributed by atoms with van der Waals surface area (Å²) in [6.45, 7) is 2.05. The summed E-state index contributed by atoms with van der Waals surface area (Å²) in [5.74, 6) is 0.975. The van der Waals surface area contributed by atoms with Crippen molar-refractivity contribution in [3.63, 3.8) is 0 Å². The second-order valence-electron chi connectivity index (χ2n) is 2.13. The van der Waals surface area contributed by atoms with Gasteiger partial charge >= 0.3 is 0 Å². The van der Waals surface area contributed by atoms with Crippen LogP contribution in [0.2, 0.25) is 0 Å². The Bertz CT molecular complexity index is 303. The van der Waals surface area contributed by atoms with Crippen LogP contribution in [0.15, 0.2) is 12.3 Å². The Hall–Kier alpha value is -1.32. The molecular formula is C6H8N4. The molecule has 0 bridgehead atoms. The summed E-state index contributed by atoms with van der Waals surface area (Å²) in [6.07, 6.45) is 2.64. The first-order valence-electron chi connectivity index (χ1n) is 3.29. The minimum Gasteiger partial charge on any atom is -0.263 e. The van der Waals surface area contributed by atoms with E-state index in [1.807, 2.05) is 6.07 Å². The van der Waals surface area contributed by atoms with Crippen LogP contribution in [0.1, 0.15) is 12.7 Å². The predicted molar refractivity (Wildman–Crippen MR) is 36.7 cm³/mol. The van der Waals surface area contributed by atoms with Gasteiger partial charge in [0.05, 0.1) is 6.20 Å². The molecule has 0 saturated heterocycles. The molecule has 1 N–H and O–H groups in total. The highest BCUT2D eigenvalue weighted by Crippen LogP contribution is 1.97. The van der Waals surface area contributed by atoms with Crippen molar-refractivity contribution in [3.8, 4) is 0 Å². The molecule has 0 aliphatic carbocycles. The first-order chi connectivity index (χ1) is 4.90. The maximum Gasteiger partial charge on any atom is 0.175 e. The van der Waals surface area contributed by atoms with Crippen molar-refractivity contribution < 1.29 is 0 Å². The first-order valence-corrected chi connectivity index (χ1v) is 3.29. The standard InChI is InChI=1S/C6H8N4/c1-2-5-8-6-3-4-7-10(6)9-5/h3-4H,2H2,1H3,(H,8,9). The molecule has 0 radical (unpaired) electrons. The Labute approximate surface area is 57.9 Å². The summed E-state index contributed by atoms with van der Waals surface area (Å²) in [7, 11) is 0. The summed E-state index contributed by atoms with van der Waals surface area (Å²) in [6, 6.07) is 1.87. The van der Waals surface area contributed by atoms with E-state index in [1.54, 1.807) is 10.8 Å². The average Bonchev–Trinajstić information content (AvgIpc) is 2.42. The topological polar surface area (TPSA) is 46.0 Å². The lowest BCUT2D eigenvalue weighted by Gasteiger charge is -1.81. The third-order valence-electron chi connectivity index (χ3n) is 1.44. The molecule has 2 heterocycles. The van der Waals surface area contributed by atoms with E-state index in [0.717, 1.165) is 17.9 Å². The highest BCUT2D eigenvalue weighted by Gasteiger charge is 1.97. The van der Waals surface area contributed by atoms with Crippen molar-refractivity contribution in [1.29, 1.82) is 0 Å². The van der Waals surface area contributed by atoms with Crippen LogP contribution in [0.4, 0.5) is 0 Å². The van der Waals surface area contributed by atoms with Gasteiger partial charge in [0.15, 0.2) is 5.65 Å². The zero-order valence-corrected chi connectivity index (χ0v) is 5.70. The predicted octanol–water partition coefficient (Wildman–Crippen LogP) is 0.620. The molecule has 4 heteroatoms. The minimum absolute atomic E-state index is 0.886. The number of aryl methyl sites for hydroxylation is 1. The van der Waals surface area contributed by atoms with Crippen LogP contribution in [0.3, 0.4) is 0 Å². The summed E-state index contributed by atoms with van der Waals surface area (Å²) >= 11 is 0. The van der Waals surface area contributed by atoms with E-state index in [9.17, 15) is 0 Å². The molecule has 52 valence electrons. The van der Waals surface area contributed by atoms with E-state index in [0.29, 0.717) is 0 Å². The lowest BCUT2D eigenvalue weighted by atomic mass is 10.5. The fourth-order valence-corrected chi connectivity index (χ4v) is 0.911. The van der Waals surface area contributed by atoms with Gasteiger partial charge in [-0.1, -0.05) is 6.92 Å². The van der Waals surface area contributed by atoms with Crippen molar-refractivity contribution in [1.82, 2.24) is 19.8 Å². The largest absolute Gasteiger partial charge is 0.263 e. The van der Waals surface area contributed by atoms with Gasteiger partial charge in [-0.2, -0.15) is 9.73 Å². The summed E-state index contributed by atoms with van der Waals surface area (Å²) < 4.78 is 1.67. The molecule has 0 atom stereocenters. The van der Waals surface area contributed by atoms with Crippen molar-refractivity contribution in [3.05, 3.63) is 18.1 Å². The molecule has 0 aromatic carbocycles. The number of nitrogens with one attached hydrogen (secondary N) is 1. The van der Waals surface area contributed by atoms with E-state index in [4.69, 9.17) is 0 Å². The lowest BCUT2D eigenvalue weighted by molar-refractivity contribution is 0.789. The van der Waals surface area contributed by atoms with Crippen molar-refractivity contribution in [2.24, 2.45) is 0 Å². The third-order valence-corrected chi connectivity index (χ3v) is 1.44. The number of hydrogen-bond acceptors (Lipinski definition) is 2. The van der Waals surface area contributed by atoms with Crippen LogP contribution in [0.25, 0.3) is 5.65 Å². The molecule has 0 aliphatic heterocycles. The monoisotopic (exact) mass is 136 g/mol. The number of aromatic nitrogens is 4. The smallest absolute Gasteiger partial charge is 0.175 e. The van der Waals surface area contributed by atoms with Crippen LogP contribution in [-0.4, -0.2) is 19.8 Å². The van der Waals surface area contributed by atoms with Gasteiger partial charge < -0.3 is 0 Å². The van der Waals surface area contributed by atoms with Crippen LogP contribution >= 0.6 is 0 Å². The zero-order valence-electron chi connectivity index (χ0n) is 5.70. The third kappa shape index (κ3) is 0.618. The number of nitrogens with zero attached hydrogens (tertiary/aromatic N) is 3. The van der Waals surface area contributed by atoms with Gasteiger partial charge in [-0.15, -0.1) is 0 Å². The maximum absolute atomic E-state index is 4.24. The second kappa shape index (κ2) is 1.83. The fourth-order valence-electron chi connectivity index (χ4n) is 0.911. The molecule has 4 nitrogen and oxygen atoms in total. The fraction of sp³-hybridized carbons (Fsp3) is 0.333. The Balaban J connectivity index is 2.67. The van der Waals surface area contributed by atoms with E-state index in [-0.39, 0.29) is 0 Å². The summed E-state index contributed by atoms with van der Waals surface area (Å²) in [4.78, 5) is 4.24. The highest BCUT2D eigenvalue weighted by molar-refractivity contribution is 5.34. The molecule has 10 heavy (non-hydrogen) atoms. The van der Waals surface area contributed by atoms with Gasteiger partial charge in [-0.05, 0) is 0 Å². The van der Waals surface area contributed by atoms with E-state index in [2.05, 4.69) is 22.1 Å². The van der Waals surface area contributed by atoms with E-state index < -0.39 is 0 Å². The molecule has 0 unspecified atom stereocenters. The van der Waals surface area contributed by atoms with Crippen LogP contribution < -0.4 is 0 Å². The van der Waals surface area contributed by atoms with E-state index in [1.165, 1.54) is 0 Å². The Kier molecular flexibility index (Phi) is 1.00. The molecule has 0 amide bonds. The molecule has 0 aliphatic rings. The van der Waals surface area contributed by atoms with Crippen LogP contribution in [0.5, 0.6) is 0 Å². The van der Waals surface area contributed by atoms with Crippen LogP contribution in [0, 0.1) is 0 Å². The van der Waals surface area contributed by atoms with Gasteiger partial charge in [0, 0.05) is 12.5 Å². The van der Waals surface area contributed by atoms with Gasteiger partial charge in [-0.25, -0.2) is 4.98 Å². The average molecular weight is 136 g/mol. The molecule has 2 aromatic heterocycles. The molecule has 0 spiro atoms. The highest BCUT2D eigenvalue weighted by atomic mass is 15.4.